The minimum atomic E-state index is 0.826. The Morgan fingerprint density at radius 2 is 1.61 bits per heavy atom. The summed E-state index contributed by atoms with van der Waals surface area (Å²) in [6.45, 7) is 2.37. The molecule has 1 nitrogen and oxygen atoms in total. The minimum absolute atomic E-state index is 0.826. The van der Waals surface area contributed by atoms with Crippen LogP contribution in [-0.4, -0.2) is 13.1 Å². The number of rotatable bonds is 3. The van der Waals surface area contributed by atoms with E-state index in [2.05, 4.69) is 59.9 Å². The molecule has 0 aliphatic carbocycles. The SMILES string of the molecule is c1ccc(-c2ccc(C[C@@H]3CCNC3)cc2)cc1. The molecule has 1 fully saturated rings. The maximum Gasteiger partial charge on any atom is -0.00169 e. The average Bonchev–Trinajstić information content (AvgIpc) is 2.94. The van der Waals surface area contributed by atoms with Crippen molar-refractivity contribution in [1.29, 1.82) is 0 Å². The molecule has 0 aromatic heterocycles. The molecule has 2 aromatic carbocycles. The van der Waals surface area contributed by atoms with Gasteiger partial charge in [-0.05, 0) is 48.5 Å². The maximum atomic E-state index is 3.43. The Bertz CT molecular complexity index is 481. The van der Waals surface area contributed by atoms with Gasteiger partial charge in [0, 0.05) is 0 Å². The average molecular weight is 237 g/mol. The highest BCUT2D eigenvalue weighted by Gasteiger charge is 2.14. The van der Waals surface area contributed by atoms with Crippen molar-refractivity contribution < 1.29 is 0 Å². The van der Waals surface area contributed by atoms with Gasteiger partial charge in [0.1, 0.15) is 0 Å². The molecule has 1 saturated heterocycles. The van der Waals surface area contributed by atoms with Crippen LogP contribution in [0.1, 0.15) is 12.0 Å². The highest BCUT2D eigenvalue weighted by Crippen LogP contribution is 2.21. The molecule has 0 spiro atoms. The fourth-order valence-electron chi connectivity index (χ4n) is 2.69. The van der Waals surface area contributed by atoms with Gasteiger partial charge in [-0.3, -0.25) is 0 Å². The Kier molecular flexibility index (Phi) is 3.42. The van der Waals surface area contributed by atoms with Crippen molar-refractivity contribution in [3.63, 3.8) is 0 Å². The summed E-state index contributed by atoms with van der Waals surface area (Å²) in [6.07, 6.45) is 2.53. The Balaban J connectivity index is 1.72. The van der Waals surface area contributed by atoms with E-state index in [1.54, 1.807) is 0 Å². The highest BCUT2D eigenvalue weighted by atomic mass is 14.9. The molecule has 0 unspecified atom stereocenters. The Labute approximate surface area is 109 Å². The second kappa shape index (κ2) is 5.36. The van der Waals surface area contributed by atoms with Crippen LogP contribution in [0.3, 0.4) is 0 Å². The van der Waals surface area contributed by atoms with E-state index in [-0.39, 0.29) is 0 Å². The quantitative estimate of drug-likeness (QED) is 0.861. The van der Waals surface area contributed by atoms with E-state index in [1.807, 2.05) is 0 Å². The molecule has 0 radical (unpaired) electrons. The van der Waals surface area contributed by atoms with Crippen LogP contribution >= 0.6 is 0 Å². The first-order chi connectivity index (χ1) is 8.92. The van der Waals surface area contributed by atoms with E-state index < -0.39 is 0 Å². The monoisotopic (exact) mass is 237 g/mol. The summed E-state index contributed by atoms with van der Waals surface area (Å²) in [5, 5.41) is 3.43. The molecule has 1 heterocycles. The van der Waals surface area contributed by atoms with Gasteiger partial charge < -0.3 is 5.32 Å². The molecule has 1 N–H and O–H groups in total. The summed E-state index contributed by atoms with van der Waals surface area (Å²) >= 11 is 0. The minimum Gasteiger partial charge on any atom is -0.316 e. The third-order valence-electron chi connectivity index (χ3n) is 3.75. The summed E-state index contributed by atoms with van der Waals surface area (Å²) in [6, 6.07) is 19.6. The zero-order valence-electron chi connectivity index (χ0n) is 10.6. The van der Waals surface area contributed by atoms with Crippen LogP contribution in [0.4, 0.5) is 0 Å². The summed E-state index contributed by atoms with van der Waals surface area (Å²) in [5.74, 6) is 0.826. The van der Waals surface area contributed by atoms with Crippen LogP contribution in [-0.2, 0) is 6.42 Å². The van der Waals surface area contributed by atoms with Crippen LogP contribution in [0.15, 0.2) is 54.6 Å². The topological polar surface area (TPSA) is 12.0 Å². The van der Waals surface area contributed by atoms with Gasteiger partial charge in [-0.15, -0.1) is 0 Å². The Morgan fingerprint density at radius 1 is 0.889 bits per heavy atom. The molecule has 1 aliphatic rings. The Morgan fingerprint density at radius 3 is 2.28 bits per heavy atom. The summed E-state index contributed by atoms with van der Waals surface area (Å²) < 4.78 is 0. The molecule has 2 aromatic rings. The molecular weight excluding hydrogens is 218 g/mol. The van der Waals surface area contributed by atoms with E-state index in [4.69, 9.17) is 0 Å². The lowest BCUT2D eigenvalue weighted by Crippen LogP contribution is -2.10. The van der Waals surface area contributed by atoms with E-state index in [1.165, 1.54) is 42.6 Å². The lowest BCUT2D eigenvalue weighted by Gasteiger charge is -2.09. The molecule has 1 heteroatoms. The zero-order valence-corrected chi connectivity index (χ0v) is 10.6. The maximum absolute atomic E-state index is 3.43. The van der Waals surface area contributed by atoms with E-state index in [9.17, 15) is 0 Å². The molecular formula is C17H19N. The van der Waals surface area contributed by atoms with Gasteiger partial charge >= 0.3 is 0 Å². The Hall–Kier alpha value is -1.60. The second-order valence-corrected chi connectivity index (χ2v) is 5.13. The van der Waals surface area contributed by atoms with Crippen LogP contribution in [0.5, 0.6) is 0 Å². The first-order valence-electron chi connectivity index (χ1n) is 6.77. The fraction of sp³-hybridized carbons (Fsp3) is 0.294. The van der Waals surface area contributed by atoms with Crippen molar-refractivity contribution in [3.8, 4) is 11.1 Å². The zero-order chi connectivity index (χ0) is 12.2. The predicted octanol–water partition coefficient (Wildman–Crippen LogP) is 3.51. The standard InChI is InChI=1S/C17H19N/c1-2-4-16(5-3-1)17-8-6-14(7-9-17)12-15-10-11-18-13-15/h1-9,15,18H,10-13H2/t15-/m0/s1. The van der Waals surface area contributed by atoms with E-state index >= 15 is 0 Å². The number of hydrogen-bond acceptors (Lipinski definition) is 1. The lowest BCUT2D eigenvalue weighted by atomic mass is 9.96. The first kappa shape index (κ1) is 11.5. The highest BCUT2D eigenvalue weighted by molar-refractivity contribution is 5.63. The van der Waals surface area contributed by atoms with Crippen LogP contribution in [0, 0.1) is 5.92 Å². The van der Waals surface area contributed by atoms with Crippen LogP contribution in [0.2, 0.25) is 0 Å². The van der Waals surface area contributed by atoms with Gasteiger partial charge in [-0.25, -0.2) is 0 Å². The second-order valence-electron chi connectivity index (χ2n) is 5.13. The summed E-state index contributed by atoms with van der Waals surface area (Å²) in [7, 11) is 0. The third kappa shape index (κ3) is 2.62. The van der Waals surface area contributed by atoms with Gasteiger partial charge in [0.25, 0.3) is 0 Å². The van der Waals surface area contributed by atoms with E-state index in [0.29, 0.717) is 0 Å². The van der Waals surface area contributed by atoms with Crippen LogP contribution in [0.25, 0.3) is 11.1 Å². The molecule has 0 amide bonds. The van der Waals surface area contributed by atoms with Gasteiger partial charge in [-0.1, -0.05) is 54.6 Å². The molecule has 18 heavy (non-hydrogen) atoms. The normalized spacial score (nSPS) is 19.0. The molecule has 3 rings (SSSR count). The first-order valence-corrected chi connectivity index (χ1v) is 6.77. The number of hydrogen-bond donors (Lipinski definition) is 1. The van der Waals surface area contributed by atoms with Crippen molar-refractivity contribution in [1.82, 2.24) is 5.32 Å². The molecule has 92 valence electrons. The number of benzene rings is 2. The molecule has 0 saturated carbocycles. The largest absolute Gasteiger partial charge is 0.316 e. The van der Waals surface area contributed by atoms with Gasteiger partial charge in [0.15, 0.2) is 0 Å². The van der Waals surface area contributed by atoms with Gasteiger partial charge in [0.05, 0.1) is 0 Å². The molecule has 0 bridgehead atoms. The lowest BCUT2D eigenvalue weighted by molar-refractivity contribution is 0.580. The smallest absolute Gasteiger partial charge is 0.00169 e. The number of nitrogens with one attached hydrogen (secondary N) is 1. The third-order valence-corrected chi connectivity index (χ3v) is 3.75. The summed E-state index contributed by atoms with van der Waals surface area (Å²) in [5.41, 5.74) is 4.07. The van der Waals surface area contributed by atoms with Gasteiger partial charge in [0.2, 0.25) is 0 Å². The molecule has 1 atom stereocenters. The fourth-order valence-corrected chi connectivity index (χ4v) is 2.69. The van der Waals surface area contributed by atoms with Crippen molar-refractivity contribution in [2.24, 2.45) is 5.92 Å². The van der Waals surface area contributed by atoms with Crippen molar-refractivity contribution in [3.05, 3.63) is 60.2 Å². The van der Waals surface area contributed by atoms with Gasteiger partial charge in [-0.2, -0.15) is 0 Å². The van der Waals surface area contributed by atoms with E-state index in [0.717, 1.165) is 5.92 Å². The van der Waals surface area contributed by atoms with Crippen LogP contribution < -0.4 is 5.32 Å². The van der Waals surface area contributed by atoms with Crippen molar-refractivity contribution in [2.45, 2.75) is 12.8 Å². The predicted molar refractivity (Wildman–Crippen MR) is 76.6 cm³/mol. The molecule has 1 aliphatic heterocycles. The van der Waals surface area contributed by atoms with Crippen molar-refractivity contribution >= 4 is 0 Å². The summed E-state index contributed by atoms with van der Waals surface area (Å²) in [4.78, 5) is 0. The van der Waals surface area contributed by atoms with Crippen molar-refractivity contribution in [2.75, 3.05) is 13.1 Å².